The summed E-state index contributed by atoms with van der Waals surface area (Å²) in [6.45, 7) is 7.55. The summed E-state index contributed by atoms with van der Waals surface area (Å²) in [6.07, 6.45) is 0.991. The van der Waals surface area contributed by atoms with Crippen molar-refractivity contribution in [3.8, 4) is 0 Å². The maximum absolute atomic E-state index is 12.0. The Balaban J connectivity index is 2.52. The minimum Gasteiger partial charge on any atom is -0.357 e. The molecule has 1 unspecified atom stereocenters. The van der Waals surface area contributed by atoms with Crippen LogP contribution in [0, 0.1) is 0 Å². The third-order valence-corrected chi connectivity index (χ3v) is 4.54. The van der Waals surface area contributed by atoms with Gasteiger partial charge in [0.2, 0.25) is 10.0 Å². The van der Waals surface area contributed by atoms with E-state index < -0.39 is 10.0 Å². The van der Waals surface area contributed by atoms with Gasteiger partial charge < -0.3 is 10.6 Å². The zero-order chi connectivity index (χ0) is 16.4. The van der Waals surface area contributed by atoms with Gasteiger partial charge in [-0.2, -0.15) is 0 Å². The fourth-order valence-corrected chi connectivity index (χ4v) is 2.73. The van der Waals surface area contributed by atoms with Crippen molar-refractivity contribution in [3.05, 3.63) is 30.3 Å². The van der Waals surface area contributed by atoms with Crippen LogP contribution in [0.15, 0.2) is 40.2 Å². The zero-order valence-electron chi connectivity index (χ0n) is 13.5. The van der Waals surface area contributed by atoms with Crippen LogP contribution in [0.1, 0.15) is 27.2 Å². The molecule has 0 aliphatic carbocycles. The number of guanidine groups is 1. The molecule has 0 aliphatic heterocycles. The molecule has 1 aromatic rings. The van der Waals surface area contributed by atoms with Gasteiger partial charge in [-0.3, -0.25) is 4.99 Å². The molecule has 0 spiro atoms. The number of aliphatic imine (C=N–C) groups is 1. The summed E-state index contributed by atoms with van der Waals surface area (Å²) in [7, 11) is -3.46. The minimum atomic E-state index is -3.46. The summed E-state index contributed by atoms with van der Waals surface area (Å²) in [5, 5.41) is 6.40. The number of nitrogens with one attached hydrogen (secondary N) is 3. The molecule has 0 bridgehead atoms. The fourth-order valence-electron chi connectivity index (χ4n) is 1.69. The van der Waals surface area contributed by atoms with Gasteiger partial charge in [-0.05, 0) is 32.4 Å². The lowest BCUT2D eigenvalue weighted by Crippen LogP contribution is -2.42. The molecule has 0 fully saturated rings. The Morgan fingerprint density at radius 1 is 1.23 bits per heavy atom. The van der Waals surface area contributed by atoms with Crippen molar-refractivity contribution in [1.29, 1.82) is 0 Å². The summed E-state index contributed by atoms with van der Waals surface area (Å²) >= 11 is 0. The third kappa shape index (κ3) is 6.44. The molecule has 0 radical (unpaired) electrons. The topological polar surface area (TPSA) is 82.6 Å². The van der Waals surface area contributed by atoms with Crippen molar-refractivity contribution in [3.63, 3.8) is 0 Å². The molecule has 0 aromatic heterocycles. The van der Waals surface area contributed by atoms with Crippen LogP contribution in [0.3, 0.4) is 0 Å². The Labute approximate surface area is 133 Å². The van der Waals surface area contributed by atoms with Gasteiger partial charge in [0.1, 0.15) is 0 Å². The molecule has 0 amide bonds. The molecule has 6 nitrogen and oxygen atoms in total. The van der Waals surface area contributed by atoms with E-state index in [0.29, 0.717) is 18.5 Å². The summed E-state index contributed by atoms with van der Waals surface area (Å²) in [6, 6.07) is 8.64. The first-order valence-electron chi connectivity index (χ1n) is 7.59. The standard InChI is InChI=1S/C15H26N4O2S/c1-4-13(3)19-15(16-5-2)17-11-12-18-22(20,21)14-9-7-6-8-10-14/h6-10,13,18H,4-5,11-12H2,1-3H3,(H2,16,17,19). The van der Waals surface area contributed by atoms with Crippen molar-refractivity contribution in [2.75, 3.05) is 19.6 Å². The smallest absolute Gasteiger partial charge is 0.240 e. The SMILES string of the molecule is CCNC(=NCCNS(=O)(=O)c1ccccc1)NC(C)CC. The second-order valence-corrected chi connectivity index (χ2v) is 6.69. The second-order valence-electron chi connectivity index (χ2n) is 4.93. The third-order valence-electron chi connectivity index (χ3n) is 3.07. The molecule has 0 aliphatic rings. The molecule has 3 N–H and O–H groups in total. The monoisotopic (exact) mass is 326 g/mol. The van der Waals surface area contributed by atoms with Gasteiger partial charge in [-0.1, -0.05) is 25.1 Å². The molecule has 1 rings (SSSR count). The van der Waals surface area contributed by atoms with Gasteiger partial charge in [0.25, 0.3) is 0 Å². The van der Waals surface area contributed by atoms with Gasteiger partial charge in [-0.25, -0.2) is 13.1 Å². The van der Waals surface area contributed by atoms with E-state index >= 15 is 0 Å². The van der Waals surface area contributed by atoms with E-state index in [9.17, 15) is 8.42 Å². The van der Waals surface area contributed by atoms with Crippen LogP contribution in [0.5, 0.6) is 0 Å². The Kier molecular flexibility index (Phi) is 7.90. The maximum atomic E-state index is 12.0. The van der Waals surface area contributed by atoms with Crippen LogP contribution in [0.2, 0.25) is 0 Å². The van der Waals surface area contributed by atoms with Gasteiger partial charge in [0.05, 0.1) is 11.4 Å². The zero-order valence-corrected chi connectivity index (χ0v) is 14.3. The highest BCUT2D eigenvalue weighted by atomic mass is 32.2. The molecule has 1 aromatic carbocycles. The van der Waals surface area contributed by atoms with Gasteiger partial charge >= 0.3 is 0 Å². The first-order chi connectivity index (χ1) is 10.5. The quantitative estimate of drug-likeness (QED) is 0.382. The Hall–Kier alpha value is -1.60. The van der Waals surface area contributed by atoms with Gasteiger partial charge in [0, 0.05) is 19.1 Å². The molecule has 0 saturated carbocycles. The Morgan fingerprint density at radius 3 is 2.50 bits per heavy atom. The van der Waals surface area contributed by atoms with Gasteiger partial charge in [0.15, 0.2) is 5.96 Å². The normalized spacial score (nSPS) is 13.7. The van der Waals surface area contributed by atoms with E-state index in [4.69, 9.17) is 0 Å². The van der Waals surface area contributed by atoms with E-state index in [-0.39, 0.29) is 11.4 Å². The maximum Gasteiger partial charge on any atom is 0.240 e. The summed E-state index contributed by atoms with van der Waals surface area (Å²) in [4.78, 5) is 4.63. The van der Waals surface area contributed by atoms with Crippen molar-refractivity contribution >= 4 is 16.0 Å². The number of rotatable bonds is 8. The van der Waals surface area contributed by atoms with E-state index in [0.717, 1.165) is 13.0 Å². The molecule has 0 saturated heterocycles. The van der Waals surface area contributed by atoms with Crippen LogP contribution in [0.4, 0.5) is 0 Å². The van der Waals surface area contributed by atoms with Crippen LogP contribution in [-0.4, -0.2) is 40.1 Å². The highest BCUT2D eigenvalue weighted by Gasteiger charge is 2.11. The largest absolute Gasteiger partial charge is 0.357 e. The Bertz CT molecular complexity index is 558. The first-order valence-corrected chi connectivity index (χ1v) is 9.07. The van der Waals surface area contributed by atoms with Gasteiger partial charge in [-0.15, -0.1) is 0 Å². The number of hydrogen-bond acceptors (Lipinski definition) is 3. The van der Waals surface area contributed by atoms with Crippen LogP contribution in [-0.2, 0) is 10.0 Å². The number of sulfonamides is 1. The van der Waals surface area contributed by atoms with Crippen LogP contribution < -0.4 is 15.4 Å². The van der Waals surface area contributed by atoms with Crippen molar-refractivity contribution < 1.29 is 8.42 Å². The molecular weight excluding hydrogens is 300 g/mol. The van der Waals surface area contributed by atoms with E-state index in [1.54, 1.807) is 30.3 Å². The van der Waals surface area contributed by atoms with Crippen LogP contribution in [0.25, 0.3) is 0 Å². The average molecular weight is 326 g/mol. The van der Waals surface area contributed by atoms with E-state index in [1.165, 1.54) is 0 Å². The number of hydrogen-bond donors (Lipinski definition) is 3. The highest BCUT2D eigenvalue weighted by Crippen LogP contribution is 2.06. The first kappa shape index (κ1) is 18.4. The summed E-state index contributed by atoms with van der Waals surface area (Å²) < 4.78 is 26.6. The number of nitrogens with zero attached hydrogens (tertiary/aromatic N) is 1. The summed E-state index contributed by atoms with van der Waals surface area (Å²) in [5.41, 5.74) is 0. The fraction of sp³-hybridized carbons (Fsp3) is 0.533. The van der Waals surface area contributed by atoms with E-state index in [1.807, 2.05) is 6.92 Å². The minimum absolute atomic E-state index is 0.258. The molecule has 7 heteroatoms. The second kappa shape index (κ2) is 9.42. The average Bonchev–Trinajstić information content (AvgIpc) is 2.52. The molecule has 124 valence electrons. The lowest BCUT2D eigenvalue weighted by atomic mass is 10.3. The number of benzene rings is 1. The Morgan fingerprint density at radius 2 is 1.91 bits per heavy atom. The lowest BCUT2D eigenvalue weighted by Gasteiger charge is -2.16. The lowest BCUT2D eigenvalue weighted by molar-refractivity contribution is 0.581. The predicted molar refractivity (Wildman–Crippen MR) is 90.5 cm³/mol. The molecule has 0 heterocycles. The van der Waals surface area contributed by atoms with Crippen molar-refractivity contribution in [1.82, 2.24) is 15.4 Å². The van der Waals surface area contributed by atoms with Crippen molar-refractivity contribution in [2.24, 2.45) is 4.99 Å². The summed E-state index contributed by atoms with van der Waals surface area (Å²) in [5.74, 6) is 0.704. The van der Waals surface area contributed by atoms with Crippen LogP contribution >= 0.6 is 0 Å². The van der Waals surface area contributed by atoms with Crippen molar-refractivity contribution in [2.45, 2.75) is 38.1 Å². The predicted octanol–water partition coefficient (Wildman–Crippen LogP) is 1.32. The molecule has 1 atom stereocenters. The molecular formula is C15H26N4O2S. The highest BCUT2D eigenvalue weighted by molar-refractivity contribution is 7.89. The molecule has 22 heavy (non-hydrogen) atoms. The van der Waals surface area contributed by atoms with E-state index in [2.05, 4.69) is 34.2 Å².